The van der Waals surface area contributed by atoms with Crippen molar-refractivity contribution in [2.24, 2.45) is 0 Å². The standard InChI is InChI=1S/C14H15NO2/c1-10(16)17-14-7-5-11-4-6-13(15(2)3)8-12(11)9-14/h4-9H,1-3H3. The van der Waals surface area contributed by atoms with E-state index in [9.17, 15) is 4.79 Å². The lowest BCUT2D eigenvalue weighted by Gasteiger charge is -2.13. The molecule has 0 atom stereocenters. The smallest absolute Gasteiger partial charge is 0.308 e. The number of esters is 1. The molecule has 0 aromatic heterocycles. The van der Waals surface area contributed by atoms with Gasteiger partial charge in [0.15, 0.2) is 0 Å². The molecule has 0 bridgehead atoms. The van der Waals surface area contributed by atoms with Crippen LogP contribution in [0.5, 0.6) is 5.75 Å². The van der Waals surface area contributed by atoms with E-state index in [0.29, 0.717) is 5.75 Å². The Hall–Kier alpha value is -2.03. The molecule has 2 aromatic rings. The molecule has 0 unspecified atom stereocenters. The minimum atomic E-state index is -0.298. The number of anilines is 1. The van der Waals surface area contributed by atoms with Crippen LogP contribution in [0.25, 0.3) is 10.8 Å². The number of rotatable bonds is 2. The molecule has 3 nitrogen and oxygen atoms in total. The molecular weight excluding hydrogens is 214 g/mol. The van der Waals surface area contributed by atoms with Crippen molar-refractivity contribution in [1.82, 2.24) is 0 Å². The SMILES string of the molecule is CC(=O)Oc1ccc2ccc(N(C)C)cc2c1. The number of carbonyl (C=O) groups excluding carboxylic acids is 1. The second kappa shape index (κ2) is 4.45. The molecule has 17 heavy (non-hydrogen) atoms. The van der Waals surface area contributed by atoms with Crippen molar-refractivity contribution >= 4 is 22.4 Å². The normalized spacial score (nSPS) is 10.3. The summed E-state index contributed by atoms with van der Waals surface area (Å²) in [5, 5.41) is 2.20. The molecule has 88 valence electrons. The maximum Gasteiger partial charge on any atom is 0.308 e. The summed E-state index contributed by atoms with van der Waals surface area (Å²) in [4.78, 5) is 12.9. The van der Waals surface area contributed by atoms with Crippen LogP contribution in [-0.4, -0.2) is 20.1 Å². The maximum atomic E-state index is 10.9. The van der Waals surface area contributed by atoms with Crippen LogP contribution >= 0.6 is 0 Å². The molecular formula is C14H15NO2. The Morgan fingerprint density at radius 3 is 2.41 bits per heavy atom. The van der Waals surface area contributed by atoms with E-state index in [4.69, 9.17) is 4.74 Å². The summed E-state index contributed by atoms with van der Waals surface area (Å²) >= 11 is 0. The predicted molar refractivity (Wildman–Crippen MR) is 69.6 cm³/mol. The molecule has 2 rings (SSSR count). The first kappa shape index (κ1) is 11.5. The Morgan fingerprint density at radius 2 is 1.76 bits per heavy atom. The molecule has 0 heterocycles. The van der Waals surface area contributed by atoms with Crippen molar-refractivity contribution in [2.75, 3.05) is 19.0 Å². The average Bonchev–Trinajstić information content (AvgIpc) is 2.27. The Balaban J connectivity index is 2.46. The first-order chi connectivity index (χ1) is 8.06. The minimum Gasteiger partial charge on any atom is -0.427 e. The summed E-state index contributed by atoms with van der Waals surface area (Å²) in [7, 11) is 3.99. The zero-order valence-corrected chi connectivity index (χ0v) is 10.2. The molecule has 0 saturated heterocycles. The fourth-order valence-electron chi connectivity index (χ4n) is 1.72. The third-order valence-electron chi connectivity index (χ3n) is 2.57. The summed E-state index contributed by atoms with van der Waals surface area (Å²) in [6.45, 7) is 1.40. The van der Waals surface area contributed by atoms with E-state index < -0.39 is 0 Å². The number of ether oxygens (including phenoxy) is 1. The van der Waals surface area contributed by atoms with Crippen molar-refractivity contribution in [3.8, 4) is 5.75 Å². The number of carbonyl (C=O) groups is 1. The number of fused-ring (bicyclic) bond motifs is 1. The van der Waals surface area contributed by atoms with Gasteiger partial charge in [0.1, 0.15) is 5.75 Å². The van der Waals surface area contributed by atoms with Gasteiger partial charge in [0.2, 0.25) is 0 Å². The molecule has 0 radical (unpaired) electrons. The van der Waals surface area contributed by atoms with Crippen molar-refractivity contribution in [3.63, 3.8) is 0 Å². The Bertz CT molecular complexity index is 561. The maximum absolute atomic E-state index is 10.9. The lowest BCUT2D eigenvalue weighted by molar-refractivity contribution is -0.131. The van der Waals surface area contributed by atoms with E-state index >= 15 is 0 Å². The van der Waals surface area contributed by atoms with Gasteiger partial charge >= 0.3 is 5.97 Å². The van der Waals surface area contributed by atoms with E-state index in [-0.39, 0.29) is 5.97 Å². The minimum absolute atomic E-state index is 0.298. The average molecular weight is 229 g/mol. The van der Waals surface area contributed by atoms with E-state index in [1.807, 2.05) is 31.1 Å². The van der Waals surface area contributed by atoms with Gasteiger partial charge in [-0.25, -0.2) is 0 Å². The summed E-state index contributed by atoms with van der Waals surface area (Å²) in [6, 6.07) is 11.8. The number of hydrogen-bond donors (Lipinski definition) is 0. The van der Waals surface area contributed by atoms with Gasteiger partial charge in [-0.1, -0.05) is 12.1 Å². The summed E-state index contributed by atoms with van der Waals surface area (Å²) in [5.41, 5.74) is 1.12. The van der Waals surface area contributed by atoms with Crippen molar-refractivity contribution in [3.05, 3.63) is 36.4 Å². The van der Waals surface area contributed by atoms with Crippen LogP contribution in [-0.2, 0) is 4.79 Å². The highest BCUT2D eigenvalue weighted by Crippen LogP contribution is 2.25. The molecule has 2 aromatic carbocycles. The topological polar surface area (TPSA) is 29.5 Å². The number of hydrogen-bond acceptors (Lipinski definition) is 3. The van der Waals surface area contributed by atoms with Gasteiger partial charge in [0.05, 0.1) is 0 Å². The van der Waals surface area contributed by atoms with Gasteiger partial charge in [-0.3, -0.25) is 4.79 Å². The quantitative estimate of drug-likeness (QED) is 0.586. The van der Waals surface area contributed by atoms with Gasteiger partial charge in [-0.15, -0.1) is 0 Å². The van der Waals surface area contributed by atoms with Gasteiger partial charge < -0.3 is 9.64 Å². The van der Waals surface area contributed by atoms with Crippen LogP contribution in [0.1, 0.15) is 6.92 Å². The molecule has 0 saturated carbocycles. The monoisotopic (exact) mass is 229 g/mol. The Morgan fingerprint density at radius 1 is 1.06 bits per heavy atom. The van der Waals surface area contributed by atoms with E-state index in [2.05, 4.69) is 18.2 Å². The molecule has 0 spiro atoms. The van der Waals surface area contributed by atoms with Crippen LogP contribution < -0.4 is 9.64 Å². The van der Waals surface area contributed by atoms with Gasteiger partial charge in [-0.2, -0.15) is 0 Å². The second-order valence-corrected chi connectivity index (χ2v) is 4.18. The largest absolute Gasteiger partial charge is 0.427 e. The van der Waals surface area contributed by atoms with Crippen LogP contribution in [0.3, 0.4) is 0 Å². The molecule has 0 amide bonds. The number of nitrogens with zero attached hydrogens (tertiary/aromatic N) is 1. The Kier molecular flexibility index (Phi) is 3.00. The first-order valence-corrected chi connectivity index (χ1v) is 5.46. The molecule has 0 aliphatic heterocycles. The highest BCUT2D eigenvalue weighted by atomic mass is 16.5. The highest BCUT2D eigenvalue weighted by molar-refractivity contribution is 5.87. The first-order valence-electron chi connectivity index (χ1n) is 5.46. The summed E-state index contributed by atoms with van der Waals surface area (Å²) in [6.07, 6.45) is 0. The Labute approximate surface area is 101 Å². The predicted octanol–water partition coefficient (Wildman–Crippen LogP) is 2.83. The zero-order valence-electron chi connectivity index (χ0n) is 10.2. The molecule has 3 heteroatoms. The zero-order chi connectivity index (χ0) is 12.4. The van der Waals surface area contributed by atoms with Crippen LogP contribution in [0, 0.1) is 0 Å². The van der Waals surface area contributed by atoms with Gasteiger partial charge in [-0.05, 0) is 35.0 Å². The van der Waals surface area contributed by atoms with E-state index in [1.54, 1.807) is 6.07 Å². The van der Waals surface area contributed by atoms with Crippen LogP contribution in [0.4, 0.5) is 5.69 Å². The third kappa shape index (κ3) is 2.56. The third-order valence-corrected chi connectivity index (χ3v) is 2.57. The molecule has 0 N–H and O–H groups in total. The van der Waals surface area contributed by atoms with Crippen LogP contribution in [0.2, 0.25) is 0 Å². The van der Waals surface area contributed by atoms with Gasteiger partial charge in [0, 0.05) is 26.7 Å². The van der Waals surface area contributed by atoms with Crippen LogP contribution in [0.15, 0.2) is 36.4 Å². The molecule has 0 fully saturated rings. The van der Waals surface area contributed by atoms with Gasteiger partial charge in [0.25, 0.3) is 0 Å². The van der Waals surface area contributed by atoms with E-state index in [0.717, 1.165) is 16.5 Å². The van der Waals surface area contributed by atoms with Crippen molar-refractivity contribution < 1.29 is 9.53 Å². The molecule has 0 aliphatic carbocycles. The number of benzene rings is 2. The summed E-state index contributed by atoms with van der Waals surface area (Å²) in [5.74, 6) is 0.286. The molecule has 0 aliphatic rings. The van der Waals surface area contributed by atoms with E-state index in [1.165, 1.54) is 6.92 Å². The fraction of sp³-hybridized carbons (Fsp3) is 0.214. The van der Waals surface area contributed by atoms with Crippen molar-refractivity contribution in [1.29, 1.82) is 0 Å². The lowest BCUT2D eigenvalue weighted by atomic mass is 10.1. The fourth-order valence-corrected chi connectivity index (χ4v) is 1.72. The highest BCUT2D eigenvalue weighted by Gasteiger charge is 2.02. The van der Waals surface area contributed by atoms with Crippen molar-refractivity contribution in [2.45, 2.75) is 6.92 Å². The lowest BCUT2D eigenvalue weighted by Crippen LogP contribution is -2.08. The summed E-state index contributed by atoms with van der Waals surface area (Å²) < 4.78 is 5.07. The second-order valence-electron chi connectivity index (χ2n) is 4.18.